The minimum absolute atomic E-state index is 0.0650. The molecule has 118 valence electrons. The summed E-state index contributed by atoms with van der Waals surface area (Å²) in [5.74, 6) is 0.421. The second-order valence-electron chi connectivity index (χ2n) is 5.89. The van der Waals surface area contributed by atoms with Gasteiger partial charge in [-0.3, -0.25) is 9.48 Å². The van der Waals surface area contributed by atoms with E-state index in [9.17, 15) is 4.79 Å². The first-order valence-electron chi connectivity index (χ1n) is 7.65. The van der Waals surface area contributed by atoms with E-state index in [0.29, 0.717) is 24.8 Å². The number of rotatable bonds is 5. The Morgan fingerprint density at radius 1 is 1.52 bits per heavy atom. The van der Waals surface area contributed by atoms with Crippen molar-refractivity contribution < 1.29 is 9.53 Å². The second kappa shape index (κ2) is 7.56. The summed E-state index contributed by atoms with van der Waals surface area (Å²) in [4.78, 5) is 16.8. The molecule has 1 atom stereocenters. The number of nitrogens with zero attached hydrogens (tertiary/aromatic N) is 4. The average molecular weight is 294 g/mol. The normalized spacial score (nSPS) is 19.8. The van der Waals surface area contributed by atoms with Gasteiger partial charge in [0.2, 0.25) is 0 Å². The number of ether oxygens (including phenoxy) is 1. The van der Waals surface area contributed by atoms with Crippen molar-refractivity contribution in [3.05, 3.63) is 18.0 Å². The lowest BCUT2D eigenvalue weighted by Crippen LogP contribution is -2.39. The number of hydrogen-bond acceptors (Lipinski definition) is 4. The van der Waals surface area contributed by atoms with Crippen molar-refractivity contribution in [3.8, 4) is 0 Å². The van der Waals surface area contributed by atoms with Gasteiger partial charge in [0.25, 0.3) is 5.91 Å². The van der Waals surface area contributed by atoms with Gasteiger partial charge >= 0.3 is 0 Å². The third kappa shape index (κ3) is 4.28. The Kier molecular flexibility index (Phi) is 5.76. The topological polar surface area (TPSA) is 50.6 Å². The summed E-state index contributed by atoms with van der Waals surface area (Å²) in [5, 5.41) is 4.24. The summed E-state index contributed by atoms with van der Waals surface area (Å²) in [6, 6.07) is 1.81. The first-order chi connectivity index (χ1) is 10.1. The molecule has 1 aromatic rings. The molecule has 21 heavy (non-hydrogen) atoms. The highest BCUT2D eigenvalue weighted by atomic mass is 16.5. The van der Waals surface area contributed by atoms with Crippen molar-refractivity contribution >= 4 is 5.91 Å². The molecule has 0 unspecified atom stereocenters. The number of carbonyl (C=O) groups excluding carboxylic acids is 1. The van der Waals surface area contributed by atoms with Crippen LogP contribution in [0.5, 0.6) is 0 Å². The molecule has 2 rings (SSSR count). The van der Waals surface area contributed by atoms with E-state index in [1.165, 1.54) is 0 Å². The fraction of sp³-hybridized carbons (Fsp3) is 0.733. The van der Waals surface area contributed by atoms with Gasteiger partial charge in [0, 0.05) is 38.3 Å². The zero-order valence-corrected chi connectivity index (χ0v) is 13.3. The van der Waals surface area contributed by atoms with Gasteiger partial charge in [-0.05, 0) is 26.6 Å². The first kappa shape index (κ1) is 16.0. The standard InChI is InChI=1S/C15H26N4O2/c1-4-7-19-14(5-6-16-19)15(20)18-8-9-21-12-13(11-18)10-17(2)3/h5-6,13H,4,7-12H2,1-3H3/t13-/m0/s1. The summed E-state index contributed by atoms with van der Waals surface area (Å²) in [5.41, 5.74) is 0.683. The molecular formula is C15H26N4O2. The van der Waals surface area contributed by atoms with Crippen molar-refractivity contribution in [2.75, 3.05) is 46.9 Å². The molecule has 1 saturated heterocycles. The van der Waals surface area contributed by atoms with Crippen LogP contribution in [-0.4, -0.2) is 72.4 Å². The Balaban J connectivity index is 2.07. The Morgan fingerprint density at radius 2 is 2.33 bits per heavy atom. The van der Waals surface area contributed by atoms with E-state index in [0.717, 1.165) is 32.7 Å². The van der Waals surface area contributed by atoms with Crippen LogP contribution in [0.4, 0.5) is 0 Å². The average Bonchev–Trinajstić information content (AvgIpc) is 2.76. The van der Waals surface area contributed by atoms with E-state index >= 15 is 0 Å². The fourth-order valence-electron chi connectivity index (χ4n) is 2.76. The Morgan fingerprint density at radius 3 is 3.05 bits per heavy atom. The number of carbonyl (C=O) groups is 1. The zero-order valence-electron chi connectivity index (χ0n) is 13.3. The van der Waals surface area contributed by atoms with Crippen LogP contribution in [0.25, 0.3) is 0 Å². The van der Waals surface area contributed by atoms with E-state index in [1.807, 2.05) is 25.1 Å². The maximum Gasteiger partial charge on any atom is 0.272 e. The van der Waals surface area contributed by atoms with Crippen LogP contribution in [0.2, 0.25) is 0 Å². The first-order valence-corrected chi connectivity index (χ1v) is 7.65. The second-order valence-corrected chi connectivity index (χ2v) is 5.89. The predicted octanol–water partition coefficient (Wildman–Crippen LogP) is 0.943. The molecule has 0 aromatic carbocycles. The van der Waals surface area contributed by atoms with Gasteiger partial charge in [0.1, 0.15) is 5.69 Å². The van der Waals surface area contributed by atoms with E-state index < -0.39 is 0 Å². The zero-order chi connectivity index (χ0) is 15.2. The molecule has 0 saturated carbocycles. The summed E-state index contributed by atoms with van der Waals surface area (Å²) in [7, 11) is 4.10. The third-order valence-corrected chi connectivity index (χ3v) is 3.62. The van der Waals surface area contributed by atoms with Crippen molar-refractivity contribution in [1.29, 1.82) is 0 Å². The maximum atomic E-state index is 12.7. The van der Waals surface area contributed by atoms with Crippen LogP contribution >= 0.6 is 0 Å². The van der Waals surface area contributed by atoms with E-state index in [2.05, 4.69) is 16.9 Å². The predicted molar refractivity (Wildman–Crippen MR) is 81.3 cm³/mol. The lowest BCUT2D eigenvalue weighted by molar-refractivity contribution is 0.0722. The molecule has 0 N–H and O–H groups in total. The minimum Gasteiger partial charge on any atom is -0.379 e. The Bertz CT molecular complexity index is 458. The molecule has 1 aromatic heterocycles. The Hall–Kier alpha value is -1.40. The van der Waals surface area contributed by atoms with Crippen molar-refractivity contribution in [2.45, 2.75) is 19.9 Å². The van der Waals surface area contributed by atoms with Crippen LogP contribution in [0, 0.1) is 5.92 Å². The molecule has 0 spiro atoms. The summed E-state index contributed by atoms with van der Waals surface area (Å²) >= 11 is 0. The number of aryl methyl sites for hydroxylation is 1. The monoisotopic (exact) mass is 294 g/mol. The lowest BCUT2D eigenvalue weighted by Gasteiger charge is -2.25. The summed E-state index contributed by atoms with van der Waals surface area (Å²) in [6.07, 6.45) is 2.67. The molecule has 1 aliphatic rings. The van der Waals surface area contributed by atoms with Crippen LogP contribution in [0.1, 0.15) is 23.8 Å². The molecular weight excluding hydrogens is 268 g/mol. The maximum absolute atomic E-state index is 12.7. The minimum atomic E-state index is 0.0650. The quantitative estimate of drug-likeness (QED) is 0.811. The molecule has 2 heterocycles. The molecule has 1 fully saturated rings. The van der Waals surface area contributed by atoms with E-state index in [-0.39, 0.29) is 5.91 Å². The number of amides is 1. The molecule has 6 nitrogen and oxygen atoms in total. The van der Waals surface area contributed by atoms with E-state index in [4.69, 9.17) is 4.74 Å². The van der Waals surface area contributed by atoms with Crippen molar-refractivity contribution in [3.63, 3.8) is 0 Å². The van der Waals surface area contributed by atoms with Gasteiger partial charge in [0.05, 0.1) is 13.2 Å². The number of aromatic nitrogens is 2. The van der Waals surface area contributed by atoms with Gasteiger partial charge in [0.15, 0.2) is 0 Å². The highest BCUT2D eigenvalue weighted by Gasteiger charge is 2.25. The van der Waals surface area contributed by atoms with Crippen LogP contribution in [-0.2, 0) is 11.3 Å². The van der Waals surface area contributed by atoms with Gasteiger partial charge in [-0.1, -0.05) is 6.92 Å². The number of hydrogen-bond donors (Lipinski definition) is 0. The molecule has 0 aliphatic carbocycles. The van der Waals surface area contributed by atoms with Gasteiger partial charge in [-0.2, -0.15) is 5.10 Å². The molecule has 6 heteroatoms. The van der Waals surface area contributed by atoms with Crippen LogP contribution in [0.15, 0.2) is 12.3 Å². The smallest absolute Gasteiger partial charge is 0.272 e. The Labute approximate surface area is 126 Å². The molecule has 1 amide bonds. The SMILES string of the molecule is CCCn1nccc1C(=O)N1CCOC[C@@H](CN(C)C)C1. The van der Waals surface area contributed by atoms with E-state index in [1.54, 1.807) is 10.9 Å². The fourth-order valence-corrected chi connectivity index (χ4v) is 2.76. The van der Waals surface area contributed by atoms with Gasteiger partial charge in [-0.15, -0.1) is 0 Å². The summed E-state index contributed by atoms with van der Waals surface area (Å²) in [6.45, 7) is 6.52. The van der Waals surface area contributed by atoms with Crippen LogP contribution < -0.4 is 0 Å². The van der Waals surface area contributed by atoms with Crippen molar-refractivity contribution in [1.82, 2.24) is 19.6 Å². The van der Waals surface area contributed by atoms with Crippen molar-refractivity contribution in [2.24, 2.45) is 5.92 Å². The lowest BCUT2D eigenvalue weighted by atomic mass is 10.1. The highest BCUT2D eigenvalue weighted by molar-refractivity contribution is 5.92. The highest BCUT2D eigenvalue weighted by Crippen LogP contribution is 2.12. The summed E-state index contributed by atoms with van der Waals surface area (Å²) < 4.78 is 7.44. The molecule has 1 aliphatic heterocycles. The van der Waals surface area contributed by atoms with Crippen LogP contribution in [0.3, 0.4) is 0 Å². The molecule has 0 bridgehead atoms. The molecule has 0 radical (unpaired) electrons. The van der Waals surface area contributed by atoms with Gasteiger partial charge in [-0.25, -0.2) is 0 Å². The third-order valence-electron chi connectivity index (χ3n) is 3.62. The van der Waals surface area contributed by atoms with Gasteiger partial charge < -0.3 is 14.5 Å². The largest absolute Gasteiger partial charge is 0.379 e.